The third kappa shape index (κ3) is 2.52. The van der Waals surface area contributed by atoms with Crippen molar-refractivity contribution in [3.8, 4) is 5.75 Å². The molecule has 0 amide bonds. The Kier molecular flexibility index (Phi) is 3.41. The molecule has 0 atom stereocenters. The van der Waals surface area contributed by atoms with Crippen LogP contribution < -0.4 is 10.1 Å². The molecule has 2 rings (SSSR count). The Morgan fingerprint density at radius 3 is 3.00 bits per heavy atom. The zero-order valence-corrected chi connectivity index (χ0v) is 9.03. The first kappa shape index (κ1) is 11.0. The molecule has 0 bridgehead atoms. The smallest absolute Gasteiger partial charge is 0.341 e. The highest BCUT2D eigenvalue weighted by molar-refractivity contribution is 5.68. The van der Waals surface area contributed by atoms with E-state index in [1.165, 1.54) is 5.56 Å². The van der Waals surface area contributed by atoms with Gasteiger partial charge < -0.3 is 15.2 Å². The van der Waals surface area contributed by atoms with Crippen LogP contribution >= 0.6 is 0 Å². The first-order valence-electron chi connectivity index (χ1n) is 5.43. The van der Waals surface area contributed by atoms with E-state index in [1.807, 2.05) is 12.1 Å². The zero-order valence-electron chi connectivity index (χ0n) is 9.03. The Labute approximate surface area is 94.2 Å². The molecule has 0 saturated heterocycles. The molecule has 0 aromatic heterocycles. The Morgan fingerprint density at radius 1 is 1.38 bits per heavy atom. The number of ether oxygens (including phenoxy) is 1. The number of carboxylic acids is 1. The van der Waals surface area contributed by atoms with Crippen LogP contribution in [0.25, 0.3) is 0 Å². The molecule has 16 heavy (non-hydrogen) atoms. The summed E-state index contributed by atoms with van der Waals surface area (Å²) >= 11 is 0. The van der Waals surface area contributed by atoms with Crippen molar-refractivity contribution in [2.24, 2.45) is 0 Å². The molecule has 0 aliphatic carbocycles. The van der Waals surface area contributed by atoms with Gasteiger partial charge in [0.1, 0.15) is 5.75 Å². The molecule has 1 aromatic carbocycles. The maximum Gasteiger partial charge on any atom is 0.341 e. The number of aliphatic carboxylic acids is 1. The van der Waals surface area contributed by atoms with Crippen LogP contribution in [0.15, 0.2) is 18.2 Å². The van der Waals surface area contributed by atoms with Crippen LogP contribution in [0.2, 0.25) is 0 Å². The van der Waals surface area contributed by atoms with Crippen LogP contribution in [0.3, 0.4) is 0 Å². The SMILES string of the molecule is O=C(O)COc1cccc2c1CCNCC2. The molecule has 0 radical (unpaired) electrons. The Morgan fingerprint density at radius 2 is 2.19 bits per heavy atom. The molecular formula is C12H15NO3. The van der Waals surface area contributed by atoms with Crippen molar-refractivity contribution in [2.75, 3.05) is 19.7 Å². The van der Waals surface area contributed by atoms with Crippen LogP contribution in [0, 0.1) is 0 Å². The summed E-state index contributed by atoms with van der Waals surface area (Å²) in [7, 11) is 0. The second-order valence-corrected chi connectivity index (χ2v) is 3.83. The molecule has 1 aromatic rings. The number of carbonyl (C=O) groups is 1. The van der Waals surface area contributed by atoms with E-state index in [-0.39, 0.29) is 6.61 Å². The number of benzene rings is 1. The second-order valence-electron chi connectivity index (χ2n) is 3.83. The van der Waals surface area contributed by atoms with Gasteiger partial charge in [-0.1, -0.05) is 12.1 Å². The zero-order chi connectivity index (χ0) is 11.4. The summed E-state index contributed by atoms with van der Waals surface area (Å²) in [5, 5.41) is 11.9. The first-order chi connectivity index (χ1) is 7.77. The van der Waals surface area contributed by atoms with E-state index < -0.39 is 5.97 Å². The molecule has 1 aliphatic heterocycles. The molecular weight excluding hydrogens is 206 g/mol. The molecule has 1 heterocycles. The predicted molar refractivity (Wildman–Crippen MR) is 59.9 cm³/mol. The Hall–Kier alpha value is -1.55. The van der Waals surface area contributed by atoms with E-state index in [2.05, 4.69) is 11.4 Å². The van der Waals surface area contributed by atoms with E-state index in [1.54, 1.807) is 0 Å². The highest BCUT2D eigenvalue weighted by Crippen LogP contribution is 2.24. The number of hydrogen-bond donors (Lipinski definition) is 2. The van der Waals surface area contributed by atoms with Gasteiger partial charge in [-0.3, -0.25) is 0 Å². The fourth-order valence-electron chi connectivity index (χ4n) is 1.97. The van der Waals surface area contributed by atoms with Crippen molar-refractivity contribution in [1.82, 2.24) is 5.32 Å². The summed E-state index contributed by atoms with van der Waals surface area (Å²) in [6.45, 7) is 1.61. The monoisotopic (exact) mass is 221 g/mol. The van der Waals surface area contributed by atoms with E-state index >= 15 is 0 Å². The fraction of sp³-hybridized carbons (Fsp3) is 0.417. The average Bonchev–Trinajstić information content (AvgIpc) is 2.51. The first-order valence-corrected chi connectivity index (χ1v) is 5.43. The van der Waals surface area contributed by atoms with Gasteiger partial charge in [-0.05, 0) is 43.1 Å². The van der Waals surface area contributed by atoms with E-state index in [0.717, 1.165) is 31.5 Å². The van der Waals surface area contributed by atoms with Crippen LogP contribution in [-0.2, 0) is 17.6 Å². The standard InChI is InChI=1S/C12H15NO3/c14-12(15)8-16-11-3-1-2-9-4-6-13-7-5-10(9)11/h1-3,13H,4-8H2,(H,14,15). The van der Waals surface area contributed by atoms with Gasteiger partial charge in [0, 0.05) is 0 Å². The topological polar surface area (TPSA) is 58.6 Å². The molecule has 86 valence electrons. The van der Waals surface area contributed by atoms with Gasteiger partial charge in [-0.15, -0.1) is 0 Å². The third-order valence-electron chi connectivity index (χ3n) is 2.70. The highest BCUT2D eigenvalue weighted by Gasteiger charge is 2.12. The quantitative estimate of drug-likeness (QED) is 0.794. The van der Waals surface area contributed by atoms with Crippen molar-refractivity contribution >= 4 is 5.97 Å². The lowest BCUT2D eigenvalue weighted by atomic mass is 10.0. The van der Waals surface area contributed by atoms with Crippen molar-refractivity contribution in [2.45, 2.75) is 12.8 Å². The van der Waals surface area contributed by atoms with Crippen LogP contribution in [0.4, 0.5) is 0 Å². The number of rotatable bonds is 3. The van der Waals surface area contributed by atoms with Gasteiger partial charge in [0.15, 0.2) is 6.61 Å². The molecule has 4 heteroatoms. The van der Waals surface area contributed by atoms with Gasteiger partial charge >= 0.3 is 5.97 Å². The summed E-state index contributed by atoms with van der Waals surface area (Å²) in [5.74, 6) is -0.229. The van der Waals surface area contributed by atoms with Gasteiger partial charge in [0.05, 0.1) is 0 Å². The summed E-state index contributed by atoms with van der Waals surface area (Å²) in [4.78, 5) is 10.5. The lowest BCUT2D eigenvalue weighted by Crippen LogP contribution is -2.16. The summed E-state index contributed by atoms with van der Waals surface area (Å²) in [6.07, 6.45) is 1.87. The van der Waals surface area contributed by atoms with Gasteiger partial charge in [0.25, 0.3) is 0 Å². The van der Waals surface area contributed by atoms with E-state index in [4.69, 9.17) is 9.84 Å². The number of fused-ring (bicyclic) bond motifs is 1. The Bertz CT molecular complexity index is 390. The molecule has 1 aliphatic rings. The van der Waals surface area contributed by atoms with Gasteiger partial charge in [-0.25, -0.2) is 4.79 Å². The minimum absolute atomic E-state index is 0.274. The van der Waals surface area contributed by atoms with Crippen molar-refractivity contribution in [1.29, 1.82) is 0 Å². The van der Waals surface area contributed by atoms with Crippen molar-refractivity contribution in [3.05, 3.63) is 29.3 Å². The molecule has 0 spiro atoms. The van der Waals surface area contributed by atoms with Gasteiger partial charge in [0.2, 0.25) is 0 Å². The van der Waals surface area contributed by atoms with Crippen LogP contribution in [0.5, 0.6) is 5.75 Å². The van der Waals surface area contributed by atoms with E-state index in [0.29, 0.717) is 5.75 Å². The number of hydrogen-bond acceptors (Lipinski definition) is 3. The van der Waals surface area contributed by atoms with Crippen LogP contribution in [-0.4, -0.2) is 30.8 Å². The summed E-state index contributed by atoms with van der Waals surface area (Å²) in [5.41, 5.74) is 2.40. The van der Waals surface area contributed by atoms with Gasteiger partial charge in [-0.2, -0.15) is 0 Å². The summed E-state index contributed by atoms with van der Waals surface area (Å²) in [6, 6.07) is 5.84. The lowest BCUT2D eigenvalue weighted by molar-refractivity contribution is -0.139. The normalized spacial score (nSPS) is 15.0. The maximum absolute atomic E-state index is 10.5. The fourth-order valence-corrected chi connectivity index (χ4v) is 1.97. The lowest BCUT2D eigenvalue weighted by Gasteiger charge is -2.11. The van der Waals surface area contributed by atoms with Crippen LogP contribution in [0.1, 0.15) is 11.1 Å². The Balaban J connectivity index is 2.20. The third-order valence-corrected chi connectivity index (χ3v) is 2.70. The highest BCUT2D eigenvalue weighted by atomic mass is 16.5. The van der Waals surface area contributed by atoms with Crippen molar-refractivity contribution in [3.63, 3.8) is 0 Å². The van der Waals surface area contributed by atoms with Crippen molar-refractivity contribution < 1.29 is 14.6 Å². The molecule has 2 N–H and O–H groups in total. The minimum Gasteiger partial charge on any atom is -0.482 e. The average molecular weight is 221 g/mol. The molecule has 0 fully saturated rings. The largest absolute Gasteiger partial charge is 0.482 e. The molecule has 0 unspecified atom stereocenters. The minimum atomic E-state index is -0.940. The molecule has 4 nitrogen and oxygen atoms in total. The second kappa shape index (κ2) is 4.99. The predicted octanol–water partition coefficient (Wildman–Crippen LogP) is 0.838. The number of nitrogens with one attached hydrogen (secondary N) is 1. The summed E-state index contributed by atoms with van der Waals surface area (Å²) < 4.78 is 5.29. The number of carboxylic acid groups (broad SMARTS) is 1. The van der Waals surface area contributed by atoms with E-state index in [9.17, 15) is 4.79 Å². The molecule has 0 saturated carbocycles. The maximum atomic E-state index is 10.5.